The lowest BCUT2D eigenvalue weighted by Gasteiger charge is -2.26. The van der Waals surface area contributed by atoms with Crippen molar-refractivity contribution >= 4 is 17.0 Å². The number of rotatable bonds is 0. The summed E-state index contributed by atoms with van der Waals surface area (Å²) in [6.07, 6.45) is 8.53. The van der Waals surface area contributed by atoms with Gasteiger partial charge < -0.3 is 0 Å². The quantitative estimate of drug-likeness (QED) is 0.640. The molecule has 0 bridgehead atoms. The van der Waals surface area contributed by atoms with Crippen LogP contribution in [0.3, 0.4) is 0 Å². The molecule has 1 aliphatic carbocycles. The number of carbonyl (C=O) groups is 1. The fourth-order valence-electron chi connectivity index (χ4n) is 2.31. The van der Waals surface area contributed by atoms with E-state index in [1.165, 1.54) is 6.08 Å². The Bertz CT molecular complexity index is 475. The second kappa shape index (κ2) is 3.63. The Labute approximate surface area is 97.2 Å². The van der Waals surface area contributed by atoms with Gasteiger partial charge in [-0.15, -0.1) is 0 Å². The summed E-state index contributed by atoms with van der Waals surface area (Å²) in [4.78, 5) is 13.4. The summed E-state index contributed by atoms with van der Waals surface area (Å²) in [6.45, 7) is 0. The van der Waals surface area contributed by atoms with Crippen molar-refractivity contribution < 1.29 is 9.18 Å². The lowest BCUT2D eigenvalue weighted by atomic mass is 10.1. The summed E-state index contributed by atoms with van der Waals surface area (Å²) in [5.74, 6) is -0.296. The van der Waals surface area contributed by atoms with E-state index in [1.807, 2.05) is 12.2 Å². The van der Waals surface area contributed by atoms with Gasteiger partial charge in [-0.2, -0.15) is 0 Å². The first-order chi connectivity index (χ1) is 7.77. The van der Waals surface area contributed by atoms with E-state index < -0.39 is 0 Å². The van der Waals surface area contributed by atoms with Crippen molar-refractivity contribution in [2.75, 3.05) is 0 Å². The number of nitrogens with zero attached hydrogens (tertiary/aromatic N) is 1. The Morgan fingerprint density at radius 3 is 3.25 bits per heavy atom. The zero-order chi connectivity index (χ0) is 11.1. The summed E-state index contributed by atoms with van der Waals surface area (Å²) in [5, 5.41) is 1.72. The molecule has 1 unspecified atom stereocenters. The van der Waals surface area contributed by atoms with Crippen LogP contribution in [0.4, 0.5) is 9.18 Å². The van der Waals surface area contributed by atoms with Gasteiger partial charge in [0.2, 0.25) is 0 Å². The predicted octanol–water partition coefficient (Wildman–Crippen LogP) is 3.51. The zero-order valence-electron chi connectivity index (χ0n) is 8.52. The Morgan fingerprint density at radius 2 is 2.38 bits per heavy atom. The molecule has 0 spiro atoms. The Hall–Kier alpha value is -1.29. The Balaban J connectivity index is 2.07. The monoisotopic (exact) mass is 235 g/mol. The minimum atomic E-state index is -0.296. The molecular weight excluding hydrogens is 225 g/mol. The second-order valence-electron chi connectivity index (χ2n) is 3.95. The SMILES string of the molecule is O=C1SC=CC2CC3=C(C(F)=CC=CC3)N12. The maximum atomic E-state index is 13.9. The van der Waals surface area contributed by atoms with Crippen molar-refractivity contribution in [1.82, 2.24) is 4.90 Å². The maximum absolute atomic E-state index is 13.9. The summed E-state index contributed by atoms with van der Waals surface area (Å²) in [5.41, 5.74) is 1.52. The number of hydrogen-bond acceptors (Lipinski definition) is 2. The molecule has 2 aliphatic heterocycles. The Kier molecular flexibility index (Phi) is 2.24. The number of halogens is 1. The van der Waals surface area contributed by atoms with Crippen LogP contribution in [0.15, 0.2) is 46.8 Å². The van der Waals surface area contributed by atoms with Crippen molar-refractivity contribution in [3.05, 3.63) is 46.8 Å². The molecule has 2 nitrogen and oxygen atoms in total. The molecule has 3 rings (SSSR count). The molecule has 82 valence electrons. The third-order valence-corrected chi connectivity index (χ3v) is 3.69. The molecule has 2 heterocycles. The molecule has 0 aromatic carbocycles. The second-order valence-corrected chi connectivity index (χ2v) is 4.81. The molecule has 0 saturated heterocycles. The van der Waals surface area contributed by atoms with Gasteiger partial charge in [0.15, 0.2) is 0 Å². The average molecular weight is 235 g/mol. The van der Waals surface area contributed by atoms with Gasteiger partial charge in [0.05, 0.1) is 11.7 Å². The zero-order valence-corrected chi connectivity index (χ0v) is 9.34. The van der Waals surface area contributed by atoms with Gasteiger partial charge in [-0.1, -0.05) is 18.2 Å². The Morgan fingerprint density at radius 1 is 1.50 bits per heavy atom. The molecule has 0 radical (unpaired) electrons. The van der Waals surface area contributed by atoms with E-state index >= 15 is 0 Å². The largest absolute Gasteiger partial charge is 0.293 e. The fourth-order valence-corrected chi connectivity index (χ4v) is 3.02. The van der Waals surface area contributed by atoms with Gasteiger partial charge in [0, 0.05) is 0 Å². The summed E-state index contributed by atoms with van der Waals surface area (Å²) < 4.78 is 13.9. The number of thioether (sulfide) groups is 1. The highest BCUT2D eigenvalue weighted by molar-refractivity contribution is 8.16. The van der Waals surface area contributed by atoms with Crippen molar-refractivity contribution in [3.63, 3.8) is 0 Å². The van der Waals surface area contributed by atoms with Crippen molar-refractivity contribution in [2.24, 2.45) is 0 Å². The normalized spacial score (nSPS) is 27.8. The van der Waals surface area contributed by atoms with Gasteiger partial charge in [-0.05, 0) is 41.7 Å². The first-order valence-electron chi connectivity index (χ1n) is 5.18. The highest BCUT2D eigenvalue weighted by Gasteiger charge is 2.38. The van der Waals surface area contributed by atoms with E-state index in [0.29, 0.717) is 5.70 Å². The minimum Gasteiger partial charge on any atom is -0.293 e. The summed E-state index contributed by atoms with van der Waals surface area (Å²) in [7, 11) is 0. The van der Waals surface area contributed by atoms with E-state index in [4.69, 9.17) is 0 Å². The van der Waals surface area contributed by atoms with Gasteiger partial charge in [0.25, 0.3) is 5.24 Å². The van der Waals surface area contributed by atoms with Crippen LogP contribution in [0.2, 0.25) is 0 Å². The molecule has 1 amide bonds. The highest BCUT2D eigenvalue weighted by atomic mass is 32.2. The van der Waals surface area contributed by atoms with Crippen molar-refractivity contribution in [3.8, 4) is 0 Å². The molecule has 1 atom stereocenters. The van der Waals surface area contributed by atoms with E-state index in [1.54, 1.807) is 16.4 Å². The molecule has 0 aromatic rings. The van der Waals surface area contributed by atoms with Crippen LogP contribution in [0.25, 0.3) is 0 Å². The molecule has 0 fully saturated rings. The lowest BCUT2D eigenvalue weighted by molar-refractivity contribution is 0.230. The number of allylic oxidation sites excluding steroid dienone is 4. The molecule has 3 aliphatic rings. The maximum Gasteiger partial charge on any atom is 0.290 e. The number of hydrogen-bond donors (Lipinski definition) is 0. The fraction of sp³-hybridized carbons (Fsp3) is 0.250. The van der Waals surface area contributed by atoms with Crippen LogP contribution >= 0.6 is 11.8 Å². The average Bonchev–Trinajstić information content (AvgIpc) is 2.55. The number of carbonyl (C=O) groups excluding carboxylic acids is 1. The van der Waals surface area contributed by atoms with Crippen molar-refractivity contribution in [2.45, 2.75) is 18.9 Å². The van der Waals surface area contributed by atoms with Crippen LogP contribution in [-0.4, -0.2) is 16.2 Å². The molecular formula is C12H10FNOS. The topological polar surface area (TPSA) is 20.3 Å². The van der Waals surface area contributed by atoms with E-state index in [2.05, 4.69) is 0 Å². The van der Waals surface area contributed by atoms with Crippen LogP contribution in [0.1, 0.15) is 12.8 Å². The predicted molar refractivity (Wildman–Crippen MR) is 62.3 cm³/mol. The van der Waals surface area contributed by atoms with Gasteiger partial charge >= 0.3 is 0 Å². The molecule has 16 heavy (non-hydrogen) atoms. The van der Waals surface area contributed by atoms with E-state index in [-0.39, 0.29) is 17.1 Å². The highest BCUT2D eigenvalue weighted by Crippen LogP contribution is 2.41. The first-order valence-corrected chi connectivity index (χ1v) is 6.06. The molecule has 0 aromatic heterocycles. The van der Waals surface area contributed by atoms with Gasteiger partial charge in [0.1, 0.15) is 5.83 Å². The first kappa shape index (κ1) is 9.90. The minimum absolute atomic E-state index is 0.0180. The summed E-state index contributed by atoms with van der Waals surface area (Å²) in [6, 6.07) is 0.0180. The van der Waals surface area contributed by atoms with Crippen LogP contribution < -0.4 is 0 Å². The number of amides is 1. The molecule has 4 heteroatoms. The summed E-state index contributed by atoms with van der Waals surface area (Å²) >= 11 is 1.12. The third-order valence-electron chi connectivity index (χ3n) is 3.00. The van der Waals surface area contributed by atoms with E-state index in [9.17, 15) is 9.18 Å². The van der Waals surface area contributed by atoms with Crippen LogP contribution in [0.5, 0.6) is 0 Å². The van der Waals surface area contributed by atoms with Gasteiger partial charge in [-0.3, -0.25) is 9.69 Å². The van der Waals surface area contributed by atoms with E-state index in [0.717, 1.165) is 30.2 Å². The van der Waals surface area contributed by atoms with Crippen molar-refractivity contribution in [1.29, 1.82) is 0 Å². The standard InChI is InChI=1S/C12H10FNOS/c13-10-4-2-1-3-8-7-9-5-6-16-12(15)14(9)11(8)10/h1-2,4-6,9H,3,7H2. The van der Waals surface area contributed by atoms with Crippen LogP contribution in [-0.2, 0) is 0 Å². The number of fused-ring (bicyclic) bond motifs is 2. The molecule has 0 saturated carbocycles. The third kappa shape index (κ3) is 1.37. The smallest absolute Gasteiger partial charge is 0.290 e. The molecule has 0 N–H and O–H groups in total. The van der Waals surface area contributed by atoms with Crippen LogP contribution in [0, 0.1) is 0 Å². The lowest BCUT2D eigenvalue weighted by Crippen LogP contribution is -2.33. The van der Waals surface area contributed by atoms with Gasteiger partial charge in [-0.25, -0.2) is 4.39 Å².